The molecule has 13 heteroatoms. The Morgan fingerprint density at radius 3 is 2.78 bits per heavy atom. The van der Waals surface area contributed by atoms with Crippen LogP contribution in [0.25, 0.3) is 4.96 Å². The molecule has 1 saturated heterocycles. The number of fused-ring (bicyclic) bond motifs is 1. The molecule has 0 aliphatic carbocycles. The van der Waals surface area contributed by atoms with Gasteiger partial charge >= 0.3 is 5.38 Å². The summed E-state index contributed by atoms with van der Waals surface area (Å²) < 4.78 is 32.6. The molecule has 2 aromatic rings. The third-order valence-corrected chi connectivity index (χ3v) is 5.25. The first kappa shape index (κ1) is 20.4. The topological polar surface area (TPSA) is 100 Å². The number of carbonyl (C=O) groups is 1. The van der Waals surface area contributed by atoms with E-state index in [9.17, 15) is 23.8 Å². The lowest BCUT2D eigenvalue weighted by molar-refractivity contribution is -0.128. The summed E-state index contributed by atoms with van der Waals surface area (Å²) in [5, 5.41) is 21.6. The maximum Gasteiger partial charge on any atom is 0.322 e. The third kappa shape index (κ3) is 4.57. The fourth-order valence-electron chi connectivity index (χ4n) is 3.18. The van der Waals surface area contributed by atoms with Crippen LogP contribution in [0.3, 0.4) is 0 Å². The number of rotatable bonds is 7. The molecule has 8 nitrogen and oxygen atoms in total. The number of imidazole rings is 1. The van der Waals surface area contributed by atoms with Crippen LogP contribution in [0.15, 0.2) is 0 Å². The lowest BCUT2D eigenvalue weighted by atomic mass is 9.90. The van der Waals surface area contributed by atoms with E-state index < -0.39 is 23.4 Å². The molecule has 3 rings (SSSR count). The van der Waals surface area contributed by atoms with Crippen molar-refractivity contribution in [3.63, 3.8) is 0 Å². The van der Waals surface area contributed by atoms with E-state index in [1.165, 1.54) is 27.9 Å². The zero-order valence-corrected chi connectivity index (χ0v) is 16.2. The van der Waals surface area contributed by atoms with Crippen molar-refractivity contribution in [3.8, 4) is 0 Å². The number of methoxy groups -OCH3 is 1. The van der Waals surface area contributed by atoms with E-state index in [1.54, 1.807) is 0 Å². The molecule has 0 radical (unpaired) electrons. The van der Waals surface area contributed by atoms with E-state index in [4.69, 9.17) is 16.3 Å². The van der Waals surface area contributed by atoms with Gasteiger partial charge in [0.1, 0.15) is 10.7 Å². The number of alkyl halides is 3. The van der Waals surface area contributed by atoms with Crippen molar-refractivity contribution in [1.29, 1.82) is 0 Å². The Balaban J connectivity index is 1.89. The molecule has 1 atom stereocenters. The number of amides is 1. The number of carbonyl (C=O) groups excluding carboxylic acids is 1. The fraction of sp³-hybridized carbons (Fsp3) is 0.643. The predicted octanol–water partition coefficient (Wildman–Crippen LogP) is 0.235. The van der Waals surface area contributed by atoms with Gasteiger partial charge in [0.05, 0.1) is 18.8 Å². The zero-order chi connectivity index (χ0) is 20.0. The first-order chi connectivity index (χ1) is 12.5. The van der Waals surface area contributed by atoms with Crippen molar-refractivity contribution >= 4 is 41.7 Å². The second-order valence-corrected chi connectivity index (χ2v) is 8.31. The summed E-state index contributed by atoms with van der Waals surface area (Å²) >= 11 is 6.20. The summed E-state index contributed by atoms with van der Waals surface area (Å²) in [6.07, 6.45) is -0.640. The van der Waals surface area contributed by atoms with Crippen LogP contribution in [0.2, 0.25) is 0 Å². The van der Waals surface area contributed by atoms with Crippen LogP contribution < -0.4 is 0 Å². The SMILES string of the molecule is BC(O)(O)c1nc2sc(COC)nn2c1CN1C[C@@H](CC(F)(F)Cl)CC1=O. The van der Waals surface area contributed by atoms with Crippen LogP contribution in [0.5, 0.6) is 0 Å². The lowest BCUT2D eigenvalue weighted by Gasteiger charge is -2.20. The van der Waals surface area contributed by atoms with Gasteiger partial charge in [0.25, 0.3) is 0 Å². The minimum Gasteiger partial charge on any atom is -0.377 e. The largest absolute Gasteiger partial charge is 0.377 e. The smallest absolute Gasteiger partial charge is 0.322 e. The Hall–Kier alpha value is -1.34. The molecule has 1 amide bonds. The fourth-order valence-corrected chi connectivity index (χ4v) is 4.29. The van der Waals surface area contributed by atoms with E-state index in [1.807, 2.05) is 0 Å². The number of ether oxygens (including phenoxy) is 1. The van der Waals surface area contributed by atoms with Gasteiger partial charge in [-0.3, -0.25) is 4.79 Å². The molecule has 1 fully saturated rings. The van der Waals surface area contributed by atoms with Gasteiger partial charge in [-0.25, -0.2) is 9.50 Å². The monoisotopic (exact) mass is 422 g/mol. The quantitative estimate of drug-likeness (QED) is 0.377. The Morgan fingerprint density at radius 2 is 2.19 bits per heavy atom. The molecule has 0 saturated carbocycles. The minimum atomic E-state index is -3.37. The maximum atomic E-state index is 13.0. The molecule has 0 aromatic carbocycles. The van der Waals surface area contributed by atoms with Crippen molar-refractivity contribution in [2.45, 2.75) is 37.1 Å². The summed E-state index contributed by atoms with van der Waals surface area (Å²) in [4.78, 5) is 18.3. The highest BCUT2D eigenvalue weighted by molar-refractivity contribution is 7.16. The van der Waals surface area contributed by atoms with Crippen molar-refractivity contribution in [1.82, 2.24) is 19.5 Å². The average molecular weight is 423 g/mol. The summed E-state index contributed by atoms with van der Waals surface area (Å²) in [7, 11) is 2.67. The molecule has 1 aliphatic heterocycles. The van der Waals surface area contributed by atoms with E-state index in [0.717, 1.165) is 7.85 Å². The zero-order valence-electron chi connectivity index (χ0n) is 14.7. The van der Waals surface area contributed by atoms with Gasteiger partial charge < -0.3 is 19.8 Å². The van der Waals surface area contributed by atoms with E-state index in [0.29, 0.717) is 15.7 Å². The molecule has 0 bridgehead atoms. The normalized spacial score (nSPS) is 18.8. The van der Waals surface area contributed by atoms with Gasteiger partial charge in [0, 0.05) is 26.5 Å². The van der Waals surface area contributed by atoms with Crippen LogP contribution in [0.4, 0.5) is 8.78 Å². The predicted molar refractivity (Wildman–Crippen MR) is 95.2 cm³/mol. The Labute approximate surface area is 163 Å². The van der Waals surface area contributed by atoms with Gasteiger partial charge in [0.2, 0.25) is 10.9 Å². The summed E-state index contributed by atoms with van der Waals surface area (Å²) in [5.74, 6) is -0.891. The third-order valence-electron chi connectivity index (χ3n) is 4.21. The molecule has 2 N–H and O–H groups in total. The molecule has 2 aromatic heterocycles. The summed E-state index contributed by atoms with van der Waals surface area (Å²) in [5.41, 5.74) is -1.97. The molecule has 0 unspecified atom stereocenters. The second-order valence-electron chi connectivity index (χ2n) is 6.71. The second kappa shape index (κ2) is 7.24. The van der Waals surface area contributed by atoms with Crippen molar-refractivity contribution in [2.24, 2.45) is 5.92 Å². The molecule has 3 heterocycles. The van der Waals surface area contributed by atoms with Gasteiger partial charge in [-0.05, 0) is 17.5 Å². The van der Waals surface area contributed by atoms with Crippen LogP contribution in [-0.4, -0.2) is 62.5 Å². The summed E-state index contributed by atoms with van der Waals surface area (Å²) in [6.45, 7) is 0.316. The van der Waals surface area contributed by atoms with Crippen molar-refractivity contribution < 1.29 is 28.5 Å². The number of hydrogen-bond donors (Lipinski definition) is 2. The molecular weight excluding hydrogens is 405 g/mol. The van der Waals surface area contributed by atoms with E-state index in [2.05, 4.69) is 10.1 Å². The number of halogens is 3. The number of aliphatic hydroxyl groups is 2. The number of nitrogens with zero attached hydrogens (tertiary/aromatic N) is 4. The van der Waals surface area contributed by atoms with E-state index in [-0.39, 0.29) is 37.7 Å². The van der Waals surface area contributed by atoms with Crippen molar-refractivity contribution in [2.75, 3.05) is 13.7 Å². The highest BCUT2D eigenvalue weighted by atomic mass is 35.5. The lowest BCUT2D eigenvalue weighted by Crippen LogP contribution is -2.31. The molecular formula is C14H18BClF2N4O4S. The summed E-state index contributed by atoms with van der Waals surface area (Å²) in [6, 6.07) is 0. The van der Waals surface area contributed by atoms with Crippen LogP contribution in [0, 0.1) is 5.92 Å². The molecule has 27 heavy (non-hydrogen) atoms. The Bertz CT molecular complexity index is 851. The highest BCUT2D eigenvalue weighted by Crippen LogP contribution is 2.34. The van der Waals surface area contributed by atoms with Gasteiger partial charge in [-0.1, -0.05) is 11.3 Å². The van der Waals surface area contributed by atoms with Gasteiger partial charge in [-0.15, -0.1) is 0 Å². The van der Waals surface area contributed by atoms with E-state index >= 15 is 0 Å². The van der Waals surface area contributed by atoms with Crippen molar-refractivity contribution in [3.05, 3.63) is 16.4 Å². The molecule has 148 valence electrons. The standard InChI is InChI=1S/C14H18BClF2N4O4S/c1-26-6-9-20-22-8(11(14(15,24)25)19-12(22)27-9)5-21-4-7(2-10(21)23)3-13(16,17)18/h7,24-25H,2-6,15H2,1H3/t7-/m1/s1. The molecule has 0 spiro atoms. The first-order valence-corrected chi connectivity index (χ1v) is 9.33. The van der Waals surface area contributed by atoms with Crippen LogP contribution in [0.1, 0.15) is 29.2 Å². The maximum absolute atomic E-state index is 13.0. The minimum absolute atomic E-state index is 0.0352. The average Bonchev–Trinajstić information content (AvgIpc) is 3.12. The Kier molecular flexibility index (Phi) is 5.47. The van der Waals surface area contributed by atoms with Crippen LogP contribution >= 0.6 is 22.9 Å². The van der Waals surface area contributed by atoms with Gasteiger partial charge in [0.15, 0.2) is 13.5 Å². The van der Waals surface area contributed by atoms with Gasteiger partial charge in [-0.2, -0.15) is 13.9 Å². The number of likely N-dealkylation sites (tertiary alicyclic amines) is 1. The first-order valence-electron chi connectivity index (χ1n) is 8.14. The highest BCUT2D eigenvalue weighted by Gasteiger charge is 2.39. The number of aromatic nitrogens is 3. The van der Waals surface area contributed by atoms with Crippen LogP contribution in [-0.2, 0) is 28.4 Å². The Morgan fingerprint density at radius 1 is 1.48 bits per heavy atom. The molecule has 1 aliphatic rings. The number of hydrogen-bond acceptors (Lipinski definition) is 7.